The molecule has 0 radical (unpaired) electrons. The van der Waals surface area contributed by atoms with Crippen LogP contribution >= 0.6 is 11.3 Å². The number of nitrogens with zero attached hydrogens (tertiary/aromatic N) is 3. The van der Waals surface area contributed by atoms with Crippen molar-refractivity contribution in [1.82, 2.24) is 15.0 Å². The maximum atomic E-state index is 12.0. The molecule has 2 heterocycles. The third kappa shape index (κ3) is 2.49. The second kappa shape index (κ2) is 5.32. The topological polar surface area (TPSA) is 93.8 Å². The Bertz CT molecular complexity index is 770. The lowest BCUT2D eigenvalue weighted by atomic mass is 10.2. The summed E-state index contributed by atoms with van der Waals surface area (Å²) >= 11 is 1.37. The average Bonchev–Trinajstić information content (AvgIpc) is 2.96. The van der Waals surface area contributed by atoms with Gasteiger partial charge in [-0.2, -0.15) is 0 Å². The summed E-state index contributed by atoms with van der Waals surface area (Å²) in [5.74, 6) is -0.260. The van der Waals surface area contributed by atoms with Crippen molar-refractivity contribution in [3.63, 3.8) is 0 Å². The lowest BCUT2D eigenvalue weighted by Gasteiger charge is -2.04. The number of fused-ring (bicyclic) bond motifs is 1. The number of thiazole rings is 1. The number of carbonyl (C=O) groups is 1. The smallest absolute Gasteiger partial charge is 0.275 e. The van der Waals surface area contributed by atoms with Crippen LogP contribution < -0.4 is 11.1 Å². The van der Waals surface area contributed by atoms with Crippen LogP contribution in [-0.4, -0.2) is 20.9 Å². The standard InChI is InChI=1S/C13H11N5OS/c14-6-12-18-11(7-20-12)13(19)17-8-1-2-9-10(5-8)16-4-3-15-9/h1-5,7H,6,14H2,(H,17,19). The van der Waals surface area contributed by atoms with Crippen LogP contribution in [0.4, 0.5) is 5.69 Å². The Balaban J connectivity index is 1.83. The van der Waals surface area contributed by atoms with Crippen LogP contribution in [-0.2, 0) is 6.54 Å². The largest absolute Gasteiger partial charge is 0.325 e. The molecule has 3 N–H and O–H groups in total. The van der Waals surface area contributed by atoms with Crippen molar-refractivity contribution in [2.75, 3.05) is 5.32 Å². The molecule has 2 aromatic heterocycles. The molecule has 3 aromatic rings. The predicted octanol–water partition coefficient (Wildman–Crippen LogP) is 1.80. The number of nitrogens with one attached hydrogen (secondary N) is 1. The Morgan fingerprint density at radius 2 is 2.05 bits per heavy atom. The number of benzene rings is 1. The van der Waals surface area contributed by atoms with Gasteiger partial charge in [0.1, 0.15) is 10.7 Å². The molecule has 0 atom stereocenters. The highest BCUT2D eigenvalue weighted by Gasteiger charge is 2.10. The molecule has 0 unspecified atom stereocenters. The van der Waals surface area contributed by atoms with Crippen LogP contribution in [0.1, 0.15) is 15.5 Å². The molecule has 100 valence electrons. The highest BCUT2D eigenvalue weighted by molar-refractivity contribution is 7.09. The van der Waals surface area contributed by atoms with Gasteiger partial charge in [0.05, 0.1) is 11.0 Å². The molecule has 0 saturated heterocycles. The maximum Gasteiger partial charge on any atom is 0.275 e. The number of hydrogen-bond acceptors (Lipinski definition) is 6. The molecule has 0 fully saturated rings. The Morgan fingerprint density at radius 3 is 2.80 bits per heavy atom. The Kier molecular flexibility index (Phi) is 3.36. The first-order valence-corrected chi connectivity index (χ1v) is 6.81. The second-order valence-corrected chi connectivity index (χ2v) is 4.99. The van der Waals surface area contributed by atoms with Crippen LogP contribution in [0.25, 0.3) is 11.0 Å². The van der Waals surface area contributed by atoms with Gasteiger partial charge in [-0.3, -0.25) is 14.8 Å². The lowest BCUT2D eigenvalue weighted by Crippen LogP contribution is -2.12. The van der Waals surface area contributed by atoms with E-state index in [-0.39, 0.29) is 5.91 Å². The highest BCUT2D eigenvalue weighted by atomic mass is 32.1. The molecular weight excluding hydrogens is 274 g/mol. The van der Waals surface area contributed by atoms with Crippen LogP contribution in [0.3, 0.4) is 0 Å². The van der Waals surface area contributed by atoms with Crippen molar-refractivity contribution in [3.8, 4) is 0 Å². The zero-order chi connectivity index (χ0) is 13.9. The second-order valence-electron chi connectivity index (χ2n) is 4.04. The van der Waals surface area contributed by atoms with E-state index in [1.807, 2.05) is 6.07 Å². The molecule has 0 aliphatic heterocycles. The normalized spacial score (nSPS) is 10.7. The van der Waals surface area contributed by atoms with Gasteiger partial charge >= 0.3 is 0 Å². The van der Waals surface area contributed by atoms with E-state index in [1.165, 1.54) is 11.3 Å². The van der Waals surface area contributed by atoms with Crippen molar-refractivity contribution in [3.05, 3.63) is 46.7 Å². The van der Waals surface area contributed by atoms with E-state index in [0.29, 0.717) is 17.9 Å². The van der Waals surface area contributed by atoms with Gasteiger partial charge in [-0.15, -0.1) is 11.3 Å². The summed E-state index contributed by atoms with van der Waals surface area (Å²) in [4.78, 5) is 24.5. The van der Waals surface area contributed by atoms with E-state index in [9.17, 15) is 4.79 Å². The highest BCUT2D eigenvalue weighted by Crippen LogP contribution is 2.16. The molecule has 6 nitrogen and oxygen atoms in total. The molecule has 7 heteroatoms. The first kappa shape index (κ1) is 12.6. The molecule has 3 rings (SSSR count). The number of rotatable bonds is 3. The minimum Gasteiger partial charge on any atom is -0.325 e. The molecule has 20 heavy (non-hydrogen) atoms. The SMILES string of the molecule is NCc1nc(C(=O)Nc2ccc3nccnc3c2)cs1. The van der Waals surface area contributed by atoms with Gasteiger partial charge in [0.2, 0.25) is 0 Å². The van der Waals surface area contributed by atoms with Crippen molar-refractivity contribution in [2.24, 2.45) is 5.73 Å². The third-order valence-electron chi connectivity index (χ3n) is 2.69. The molecule has 0 spiro atoms. The van der Waals surface area contributed by atoms with E-state index in [4.69, 9.17) is 5.73 Å². The van der Waals surface area contributed by atoms with Gasteiger partial charge in [0.25, 0.3) is 5.91 Å². The van der Waals surface area contributed by atoms with Crippen molar-refractivity contribution in [2.45, 2.75) is 6.54 Å². The third-order valence-corrected chi connectivity index (χ3v) is 3.56. The summed E-state index contributed by atoms with van der Waals surface area (Å²) < 4.78 is 0. The number of hydrogen-bond donors (Lipinski definition) is 2. The summed E-state index contributed by atoms with van der Waals surface area (Å²) in [6.45, 7) is 0.337. The van der Waals surface area contributed by atoms with Crippen LogP contribution in [0.15, 0.2) is 36.0 Å². The van der Waals surface area contributed by atoms with E-state index in [2.05, 4.69) is 20.3 Å². The van der Waals surface area contributed by atoms with Gasteiger partial charge in [-0.1, -0.05) is 0 Å². The van der Waals surface area contributed by atoms with E-state index >= 15 is 0 Å². The molecular formula is C13H11N5OS. The summed E-state index contributed by atoms with van der Waals surface area (Å²) in [5, 5.41) is 5.21. The first-order chi connectivity index (χ1) is 9.76. The van der Waals surface area contributed by atoms with Crippen LogP contribution in [0.2, 0.25) is 0 Å². The number of amides is 1. The maximum absolute atomic E-state index is 12.0. The molecule has 0 bridgehead atoms. The van der Waals surface area contributed by atoms with Crippen molar-refractivity contribution < 1.29 is 4.79 Å². The summed E-state index contributed by atoms with van der Waals surface area (Å²) in [5.41, 5.74) is 8.02. The minimum atomic E-state index is -0.260. The molecule has 0 aliphatic rings. The predicted molar refractivity (Wildman–Crippen MR) is 77.5 cm³/mol. The number of anilines is 1. The fraction of sp³-hybridized carbons (Fsp3) is 0.0769. The monoisotopic (exact) mass is 285 g/mol. The first-order valence-electron chi connectivity index (χ1n) is 5.93. The number of aromatic nitrogens is 3. The zero-order valence-corrected chi connectivity index (χ0v) is 11.2. The average molecular weight is 285 g/mol. The van der Waals surface area contributed by atoms with Gasteiger partial charge in [0.15, 0.2) is 0 Å². The number of carbonyl (C=O) groups excluding carboxylic acids is 1. The fourth-order valence-electron chi connectivity index (χ4n) is 1.75. The Labute approximate surface area is 118 Å². The van der Waals surface area contributed by atoms with Gasteiger partial charge < -0.3 is 11.1 Å². The number of nitrogens with two attached hydrogens (primary N) is 1. The Morgan fingerprint density at radius 1 is 1.25 bits per heavy atom. The molecule has 0 aliphatic carbocycles. The summed E-state index contributed by atoms with van der Waals surface area (Å²) in [6, 6.07) is 5.37. The molecule has 1 aromatic carbocycles. The fourth-order valence-corrected chi connectivity index (χ4v) is 2.40. The molecule has 0 saturated carbocycles. The van der Waals surface area contributed by atoms with E-state index in [0.717, 1.165) is 16.0 Å². The molecule has 1 amide bonds. The van der Waals surface area contributed by atoms with Gasteiger partial charge in [-0.05, 0) is 18.2 Å². The van der Waals surface area contributed by atoms with Crippen molar-refractivity contribution in [1.29, 1.82) is 0 Å². The van der Waals surface area contributed by atoms with Gasteiger partial charge in [0, 0.05) is 30.0 Å². The van der Waals surface area contributed by atoms with E-state index < -0.39 is 0 Å². The quantitative estimate of drug-likeness (QED) is 0.765. The summed E-state index contributed by atoms with van der Waals surface area (Å²) in [6.07, 6.45) is 3.24. The van der Waals surface area contributed by atoms with Gasteiger partial charge in [-0.25, -0.2) is 4.98 Å². The van der Waals surface area contributed by atoms with E-state index in [1.54, 1.807) is 29.9 Å². The van der Waals surface area contributed by atoms with Crippen LogP contribution in [0, 0.1) is 0 Å². The zero-order valence-electron chi connectivity index (χ0n) is 10.4. The van der Waals surface area contributed by atoms with Crippen molar-refractivity contribution >= 4 is 34.0 Å². The lowest BCUT2D eigenvalue weighted by molar-refractivity contribution is 0.102. The summed E-state index contributed by atoms with van der Waals surface area (Å²) in [7, 11) is 0. The minimum absolute atomic E-state index is 0.260. The van der Waals surface area contributed by atoms with Crippen LogP contribution in [0.5, 0.6) is 0 Å². The Hall–Kier alpha value is -2.38.